The second-order valence-corrected chi connectivity index (χ2v) is 6.43. The minimum Gasteiger partial charge on any atom is -0.490 e. The fraction of sp³-hybridized carbons (Fsp3) is 0.412. The number of β-amino-alcohol motifs (C(OH)–C–C–N with tert-alkyl or cyclic N) is 1. The molecule has 6 nitrogen and oxygen atoms in total. The van der Waals surface area contributed by atoms with Crippen LogP contribution in [0.2, 0.25) is 0 Å². The SMILES string of the molecule is CC(C)(C)NCC(O)COc1ccccc1-c1cn[nH]c(=O)c1. The Balaban J connectivity index is 2.05. The van der Waals surface area contributed by atoms with Crippen LogP contribution in [-0.4, -0.2) is 40.1 Å². The molecular formula is C17H23N3O3. The highest BCUT2D eigenvalue weighted by atomic mass is 16.5. The number of rotatable bonds is 6. The Bertz CT molecular complexity index is 692. The van der Waals surface area contributed by atoms with Gasteiger partial charge in [-0.3, -0.25) is 4.79 Å². The molecule has 0 spiro atoms. The van der Waals surface area contributed by atoms with Crippen LogP contribution in [0.1, 0.15) is 20.8 Å². The summed E-state index contributed by atoms with van der Waals surface area (Å²) in [7, 11) is 0. The van der Waals surface area contributed by atoms with Gasteiger partial charge >= 0.3 is 0 Å². The third-order valence-corrected chi connectivity index (χ3v) is 3.16. The molecule has 0 saturated heterocycles. The number of aromatic amines is 1. The Morgan fingerprint density at radius 3 is 2.78 bits per heavy atom. The maximum absolute atomic E-state index is 11.4. The molecular weight excluding hydrogens is 294 g/mol. The Morgan fingerprint density at radius 1 is 1.35 bits per heavy atom. The molecule has 2 rings (SSSR count). The summed E-state index contributed by atoms with van der Waals surface area (Å²) in [6.45, 7) is 6.72. The van der Waals surface area contributed by atoms with Gasteiger partial charge in [0.2, 0.25) is 0 Å². The molecule has 0 aliphatic carbocycles. The number of hydrogen-bond acceptors (Lipinski definition) is 5. The van der Waals surface area contributed by atoms with Gasteiger partial charge in [-0.05, 0) is 26.8 Å². The third kappa shape index (κ3) is 5.50. The van der Waals surface area contributed by atoms with Crippen LogP contribution in [0.4, 0.5) is 0 Å². The normalized spacial score (nSPS) is 12.9. The predicted molar refractivity (Wildman–Crippen MR) is 89.6 cm³/mol. The summed E-state index contributed by atoms with van der Waals surface area (Å²) in [5.41, 5.74) is 1.11. The van der Waals surface area contributed by atoms with Crippen molar-refractivity contribution in [1.29, 1.82) is 0 Å². The molecule has 0 fully saturated rings. The predicted octanol–water partition coefficient (Wildman–Crippen LogP) is 1.56. The molecule has 2 aromatic rings. The molecule has 1 atom stereocenters. The number of aromatic nitrogens is 2. The molecule has 1 unspecified atom stereocenters. The monoisotopic (exact) mass is 317 g/mol. The Morgan fingerprint density at radius 2 is 2.09 bits per heavy atom. The van der Waals surface area contributed by atoms with Crippen LogP contribution in [0, 0.1) is 0 Å². The first-order valence-electron chi connectivity index (χ1n) is 7.55. The van der Waals surface area contributed by atoms with Crippen molar-refractivity contribution in [2.24, 2.45) is 0 Å². The molecule has 124 valence electrons. The number of nitrogens with zero attached hydrogens (tertiary/aromatic N) is 1. The molecule has 1 aromatic heterocycles. The number of ether oxygens (including phenoxy) is 1. The van der Waals surface area contributed by atoms with Gasteiger partial charge in [-0.2, -0.15) is 5.10 Å². The zero-order chi connectivity index (χ0) is 16.9. The van der Waals surface area contributed by atoms with Crippen LogP contribution in [0.15, 0.2) is 41.3 Å². The number of benzene rings is 1. The Labute approximate surface area is 135 Å². The first-order chi connectivity index (χ1) is 10.8. The van der Waals surface area contributed by atoms with Gasteiger partial charge in [0.05, 0.1) is 6.20 Å². The second kappa shape index (κ2) is 7.39. The minimum atomic E-state index is -0.625. The van der Waals surface area contributed by atoms with Crippen molar-refractivity contribution in [2.45, 2.75) is 32.4 Å². The topological polar surface area (TPSA) is 87.2 Å². The van der Waals surface area contributed by atoms with Crippen LogP contribution in [0.3, 0.4) is 0 Å². The van der Waals surface area contributed by atoms with Crippen molar-refractivity contribution >= 4 is 0 Å². The van der Waals surface area contributed by atoms with E-state index in [0.717, 1.165) is 5.56 Å². The number of H-pyrrole nitrogens is 1. The van der Waals surface area contributed by atoms with E-state index in [0.29, 0.717) is 17.9 Å². The van der Waals surface area contributed by atoms with E-state index < -0.39 is 6.10 Å². The van der Waals surface area contributed by atoms with Gasteiger partial charge in [0, 0.05) is 29.3 Å². The fourth-order valence-corrected chi connectivity index (χ4v) is 2.02. The minimum absolute atomic E-state index is 0.0599. The number of aliphatic hydroxyl groups excluding tert-OH is 1. The van der Waals surface area contributed by atoms with Gasteiger partial charge < -0.3 is 15.2 Å². The summed E-state index contributed by atoms with van der Waals surface area (Å²) in [5, 5.41) is 19.4. The highest BCUT2D eigenvalue weighted by molar-refractivity contribution is 5.69. The van der Waals surface area contributed by atoms with Gasteiger partial charge in [-0.1, -0.05) is 18.2 Å². The van der Waals surface area contributed by atoms with Gasteiger partial charge in [0.25, 0.3) is 5.56 Å². The molecule has 6 heteroatoms. The summed E-state index contributed by atoms with van der Waals surface area (Å²) in [5.74, 6) is 0.606. The maximum Gasteiger partial charge on any atom is 0.264 e. The van der Waals surface area contributed by atoms with E-state index in [1.165, 1.54) is 6.07 Å². The van der Waals surface area contributed by atoms with Gasteiger partial charge in [0.15, 0.2) is 0 Å². The summed E-state index contributed by atoms with van der Waals surface area (Å²) >= 11 is 0. The van der Waals surface area contributed by atoms with Crippen molar-refractivity contribution in [1.82, 2.24) is 15.5 Å². The third-order valence-electron chi connectivity index (χ3n) is 3.16. The zero-order valence-corrected chi connectivity index (χ0v) is 13.7. The molecule has 3 N–H and O–H groups in total. The number of para-hydroxylation sites is 1. The second-order valence-electron chi connectivity index (χ2n) is 6.43. The molecule has 0 aliphatic rings. The van der Waals surface area contributed by atoms with Crippen LogP contribution >= 0.6 is 0 Å². The van der Waals surface area contributed by atoms with Gasteiger partial charge in [-0.25, -0.2) is 5.10 Å². The van der Waals surface area contributed by atoms with Crippen molar-refractivity contribution in [2.75, 3.05) is 13.2 Å². The highest BCUT2D eigenvalue weighted by Crippen LogP contribution is 2.28. The smallest absolute Gasteiger partial charge is 0.264 e. The summed E-state index contributed by atoms with van der Waals surface area (Å²) in [4.78, 5) is 11.4. The molecule has 1 aromatic carbocycles. The van der Waals surface area contributed by atoms with Crippen LogP contribution in [0.5, 0.6) is 5.75 Å². The number of hydrogen-bond donors (Lipinski definition) is 3. The van der Waals surface area contributed by atoms with Crippen molar-refractivity contribution in [3.8, 4) is 16.9 Å². The van der Waals surface area contributed by atoms with E-state index >= 15 is 0 Å². The molecule has 0 radical (unpaired) electrons. The summed E-state index contributed by atoms with van der Waals surface area (Å²) in [6, 6.07) is 8.83. The Hall–Kier alpha value is -2.18. The lowest BCUT2D eigenvalue weighted by Gasteiger charge is -2.23. The Kier molecular flexibility index (Phi) is 5.52. The van der Waals surface area contributed by atoms with Crippen molar-refractivity contribution in [3.63, 3.8) is 0 Å². The lowest BCUT2D eigenvalue weighted by Crippen LogP contribution is -2.42. The first kappa shape index (κ1) is 17.2. The van der Waals surface area contributed by atoms with Crippen LogP contribution < -0.4 is 15.6 Å². The average Bonchev–Trinajstić information content (AvgIpc) is 2.50. The number of nitrogens with one attached hydrogen (secondary N) is 2. The summed E-state index contributed by atoms with van der Waals surface area (Å²) < 4.78 is 5.73. The van der Waals surface area contributed by atoms with E-state index in [1.807, 2.05) is 39.0 Å². The lowest BCUT2D eigenvalue weighted by molar-refractivity contribution is 0.100. The lowest BCUT2D eigenvalue weighted by atomic mass is 10.1. The largest absolute Gasteiger partial charge is 0.490 e. The van der Waals surface area contributed by atoms with E-state index in [4.69, 9.17) is 4.74 Å². The quantitative estimate of drug-likeness (QED) is 0.753. The van der Waals surface area contributed by atoms with E-state index in [2.05, 4.69) is 15.5 Å². The number of aliphatic hydroxyl groups is 1. The molecule has 1 heterocycles. The van der Waals surface area contributed by atoms with Gasteiger partial charge in [0.1, 0.15) is 18.5 Å². The molecule has 0 saturated carbocycles. The van der Waals surface area contributed by atoms with E-state index in [-0.39, 0.29) is 17.7 Å². The maximum atomic E-state index is 11.4. The fourth-order valence-electron chi connectivity index (χ4n) is 2.02. The standard InChI is InChI=1S/C17H23N3O3/c1-17(2,3)18-10-13(21)11-23-15-7-5-4-6-14(15)12-8-16(22)20-19-9-12/h4-9,13,18,21H,10-11H2,1-3H3,(H,20,22). The van der Waals surface area contributed by atoms with E-state index in [9.17, 15) is 9.90 Å². The molecule has 0 aliphatic heterocycles. The zero-order valence-electron chi connectivity index (χ0n) is 13.7. The average molecular weight is 317 g/mol. The van der Waals surface area contributed by atoms with E-state index in [1.54, 1.807) is 12.3 Å². The highest BCUT2D eigenvalue weighted by Gasteiger charge is 2.14. The molecule has 0 bridgehead atoms. The van der Waals surface area contributed by atoms with Crippen LogP contribution in [0.25, 0.3) is 11.1 Å². The van der Waals surface area contributed by atoms with Crippen molar-refractivity contribution in [3.05, 3.63) is 46.9 Å². The summed E-state index contributed by atoms with van der Waals surface area (Å²) in [6.07, 6.45) is 0.945. The molecule has 23 heavy (non-hydrogen) atoms. The van der Waals surface area contributed by atoms with Crippen molar-refractivity contribution < 1.29 is 9.84 Å². The molecule has 0 amide bonds. The van der Waals surface area contributed by atoms with Gasteiger partial charge in [-0.15, -0.1) is 0 Å². The first-order valence-corrected chi connectivity index (χ1v) is 7.55. The van der Waals surface area contributed by atoms with Crippen LogP contribution in [-0.2, 0) is 0 Å².